The van der Waals surface area contributed by atoms with Crippen molar-refractivity contribution in [2.45, 2.75) is 19.4 Å². The Bertz CT molecular complexity index is 298. The second kappa shape index (κ2) is 6.15. The second-order valence-corrected chi connectivity index (χ2v) is 4.54. The molecule has 1 aliphatic rings. The lowest BCUT2D eigenvalue weighted by atomic mass is 9.73. The van der Waals surface area contributed by atoms with Crippen molar-refractivity contribution < 1.29 is 28.5 Å². The maximum absolute atomic E-state index is 12.1. The Hall–Kier alpha value is -1.14. The predicted octanol–water partition coefficient (Wildman–Crippen LogP) is 0.390. The highest BCUT2D eigenvalue weighted by Gasteiger charge is 2.58. The Morgan fingerprint density at radius 3 is 2.22 bits per heavy atom. The number of carbonyl (C=O) groups excluding carboxylic acids is 2. The number of hydrogen-bond donors (Lipinski definition) is 0. The predicted molar refractivity (Wildman–Crippen MR) is 61.9 cm³/mol. The van der Waals surface area contributed by atoms with Gasteiger partial charge < -0.3 is 18.9 Å². The molecule has 0 aromatic carbocycles. The summed E-state index contributed by atoms with van der Waals surface area (Å²) >= 11 is 0. The quantitative estimate of drug-likeness (QED) is 0.538. The van der Waals surface area contributed by atoms with Crippen LogP contribution in [0.3, 0.4) is 0 Å². The molecule has 1 fully saturated rings. The zero-order chi connectivity index (χ0) is 13.8. The SMILES string of the molecule is COCC1OCC(C)CC1(C(=O)OC)C(=O)OC. The summed E-state index contributed by atoms with van der Waals surface area (Å²) in [4.78, 5) is 24.1. The molecule has 0 aliphatic carbocycles. The van der Waals surface area contributed by atoms with E-state index in [9.17, 15) is 9.59 Å². The summed E-state index contributed by atoms with van der Waals surface area (Å²) in [6.07, 6.45) is -0.348. The number of rotatable bonds is 4. The van der Waals surface area contributed by atoms with Crippen molar-refractivity contribution in [2.75, 3.05) is 34.5 Å². The standard InChI is InChI=1S/C12H20O6/c1-8-5-12(10(13)16-3,11(14)17-4)9(7-15-2)18-6-8/h8-9H,5-7H2,1-4H3. The van der Waals surface area contributed by atoms with Crippen LogP contribution >= 0.6 is 0 Å². The third-order valence-electron chi connectivity index (χ3n) is 3.22. The molecule has 18 heavy (non-hydrogen) atoms. The first-order valence-electron chi connectivity index (χ1n) is 5.80. The fourth-order valence-electron chi connectivity index (χ4n) is 2.38. The molecule has 0 aromatic heterocycles. The molecule has 104 valence electrons. The fourth-order valence-corrected chi connectivity index (χ4v) is 2.38. The minimum absolute atomic E-state index is 0.0660. The molecule has 6 nitrogen and oxygen atoms in total. The van der Waals surface area contributed by atoms with Gasteiger partial charge in [-0.2, -0.15) is 0 Å². The van der Waals surface area contributed by atoms with Crippen LogP contribution < -0.4 is 0 Å². The van der Waals surface area contributed by atoms with Crippen molar-refractivity contribution in [3.8, 4) is 0 Å². The number of hydrogen-bond acceptors (Lipinski definition) is 6. The summed E-state index contributed by atoms with van der Waals surface area (Å²) < 4.78 is 20.1. The van der Waals surface area contributed by atoms with Gasteiger partial charge in [-0.3, -0.25) is 9.59 Å². The third kappa shape index (κ3) is 2.49. The molecule has 2 atom stereocenters. The highest BCUT2D eigenvalue weighted by atomic mass is 16.6. The molecule has 0 radical (unpaired) electrons. The molecule has 0 spiro atoms. The Morgan fingerprint density at radius 1 is 1.22 bits per heavy atom. The minimum Gasteiger partial charge on any atom is -0.468 e. The van der Waals surface area contributed by atoms with E-state index in [2.05, 4.69) is 0 Å². The van der Waals surface area contributed by atoms with Gasteiger partial charge >= 0.3 is 11.9 Å². The van der Waals surface area contributed by atoms with E-state index in [4.69, 9.17) is 18.9 Å². The van der Waals surface area contributed by atoms with Crippen LogP contribution in [0.25, 0.3) is 0 Å². The van der Waals surface area contributed by atoms with Crippen molar-refractivity contribution in [2.24, 2.45) is 11.3 Å². The third-order valence-corrected chi connectivity index (χ3v) is 3.22. The van der Waals surface area contributed by atoms with Crippen LogP contribution in [0.5, 0.6) is 0 Å². The summed E-state index contributed by atoms with van der Waals surface area (Å²) in [5, 5.41) is 0. The first-order chi connectivity index (χ1) is 8.52. The van der Waals surface area contributed by atoms with E-state index in [0.29, 0.717) is 13.0 Å². The van der Waals surface area contributed by atoms with Crippen LogP contribution in [0.4, 0.5) is 0 Å². The fraction of sp³-hybridized carbons (Fsp3) is 0.833. The van der Waals surface area contributed by atoms with Crippen LogP contribution in [0.2, 0.25) is 0 Å². The van der Waals surface area contributed by atoms with E-state index < -0.39 is 23.5 Å². The number of ether oxygens (including phenoxy) is 4. The lowest BCUT2D eigenvalue weighted by Gasteiger charge is -2.41. The second-order valence-electron chi connectivity index (χ2n) is 4.54. The van der Waals surface area contributed by atoms with Gasteiger partial charge in [0.25, 0.3) is 0 Å². The lowest BCUT2D eigenvalue weighted by Crippen LogP contribution is -2.57. The van der Waals surface area contributed by atoms with Crippen LogP contribution in [0.15, 0.2) is 0 Å². The normalized spacial score (nSPS) is 26.4. The lowest BCUT2D eigenvalue weighted by molar-refractivity contribution is -0.198. The molecule has 6 heteroatoms. The highest BCUT2D eigenvalue weighted by molar-refractivity contribution is 6.01. The molecule has 0 saturated carbocycles. The van der Waals surface area contributed by atoms with Gasteiger partial charge in [0, 0.05) is 13.7 Å². The van der Waals surface area contributed by atoms with Gasteiger partial charge in [-0.15, -0.1) is 0 Å². The van der Waals surface area contributed by atoms with Crippen LogP contribution in [-0.4, -0.2) is 52.6 Å². The maximum Gasteiger partial charge on any atom is 0.326 e. The summed E-state index contributed by atoms with van der Waals surface area (Å²) in [6, 6.07) is 0. The van der Waals surface area contributed by atoms with Gasteiger partial charge in [0.2, 0.25) is 0 Å². The first kappa shape index (κ1) is 14.9. The van der Waals surface area contributed by atoms with Crippen molar-refractivity contribution in [3.63, 3.8) is 0 Å². The van der Waals surface area contributed by atoms with Crippen LogP contribution in [0, 0.1) is 11.3 Å². The Balaban J connectivity index is 3.14. The van der Waals surface area contributed by atoms with Gasteiger partial charge in [0.05, 0.1) is 20.8 Å². The Labute approximate surface area is 107 Å². The molecule has 0 bridgehead atoms. The number of carbonyl (C=O) groups is 2. The molecule has 1 aliphatic heterocycles. The van der Waals surface area contributed by atoms with E-state index in [1.807, 2.05) is 6.92 Å². The highest BCUT2D eigenvalue weighted by Crippen LogP contribution is 2.39. The zero-order valence-corrected chi connectivity index (χ0v) is 11.2. The molecule has 1 rings (SSSR count). The smallest absolute Gasteiger partial charge is 0.326 e. The molecule has 2 unspecified atom stereocenters. The Morgan fingerprint density at radius 2 is 1.78 bits per heavy atom. The molecule has 0 amide bonds. The largest absolute Gasteiger partial charge is 0.468 e. The van der Waals surface area contributed by atoms with Crippen molar-refractivity contribution in [1.82, 2.24) is 0 Å². The zero-order valence-electron chi connectivity index (χ0n) is 11.2. The summed E-state index contributed by atoms with van der Waals surface area (Å²) in [7, 11) is 3.98. The van der Waals surface area contributed by atoms with Crippen molar-refractivity contribution in [3.05, 3.63) is 0 Å². The van der Waals surface area contributed by atoms with Gasteiger partial charge in [0.15, 0.2) is 5.41 Å². The summed E-state index contributed by atoms with van der Waals surface area (Å²) in [5.74, 6) is -1.21. The van der Waals surface area contributed by atoms with Gasteiger partial charge in [0.1, 0.15) is 6.10 Å². The van der Waals surface area contributed by atoms with Crippen LogP contribution in [-0.2, 0) is 28.5 Å². The average molecular weight is 260 g/mol. The van der Waals surface area contributed by atoms with Gasteiger partial charge in [-0.25, -0.2) is 0 Å². The van der Waals surface area contributed by atoms with E-state index in [1.54, 1.807) is 0 Å². The monoisotopic (exact) mass is 260 g/mol. The van der Waals surface area contributed by atoms with Gasteiger partial charge in [-0.1, -0.05) is 6.92 Å². The molecular weight excluding hydrogens is 240 g/mol. The Kier molecular flexibility index (Phi) is 5.10. The van der Waals surface area contributed by atoms with Crippen molar-refractivity contribution >= 4 is 11.9 Å². The molecule has 1 saturated heterocycles. The molecule has 1 heterocycles. The minimum atomic E-state index is -1.43. The molecular formula is C12H20O6. The van der Waals surface area contributed by atoms with Crippen LogP contribution in [0.1, 0.15) is 13.3 Å². The van der Waals surface area contributed by atoms with E-state index in [-0.39, 0.29) is 12.5 Å². The molecule has 0 aromatic rings. The number of esters is 2. The average Bonchev–Trinajstić information content (AvgIpc) is 2.39. The summed E-state index contributed by atoms with van der Waals surface area (Å²) in [6.45, 7) is 2.52. The maximum atomic E-state index is 12.1. The first-order valence-corrected chi connectivity index (χ1v) is 5.80. The van der Waals surface area contributed by atoms with Gasteiger partial charge in [-0.05, 0) is 12.3 Å². The topological polar surface area (TPSA) is 71.1 Å². The van der Waals surface area contributed by atoms with E-state index >= 15 is 0 Å². The van der Waals surface area contributed by atoms with Crippen molar-refractivity contribution in [1.29, 1.82) is 0 Å². The summed E-state index contributed by atoms with van der Waals surface area (Å²) in [5.41, 5.74) is -1.43. The van der Waals surface area contributed by atoms with E-state index in [0.717, 1.165) is 0 Å². The number of methoxy groups -OCH3 is 3. The van der Waals surface area contributed by atoms with E-state index in [1.165, 1.54) is 21.3 Å². The molecule has 0 N–H and O–H groups in total.